The molecule has 0 aromatic rings. The van der Waals surface area contributed by atoms with Gasteiger partial charge in [0.1, 0.15) is 6.61 Å². The first-order chi connectivity index (χ1) is 5.79. The lowest BCUT2D eigenvalue weighted by atomic mass is 10.0. The Hall–Kier alpha value is -0.320. The highest BCUT2D eigenvalue weighted by Gasteiger charge is 2.12. The molecule has 4 nitrogen and oxygen atoms in total. The molecule has 1 heterocycles. The Morgan fingerprint density at radius 2 is 2.38 bits per heavy atom. The highest BCUT2D eigenvalue weighted by molar-refractivity contribution is 5.85. The lowest BCUT2D eigenvalue weighted by Gasteiger charge is -2.21. The third kappa shape index (κ3) is 5.85. The average Bonchev–Trinajstić information content (AvgIpc) is 2.05. The van der Waals surface area contributed by atoms with Crippen LogP contribution in [0.25, 0.3) is 0 Å². The Morgan fingerprint density at radius 1 is 1.62 bits per heavy atom. The quantitative estimate of drug-likeness (QED) is 0.709. The molecule has 5 heteroatoms. The van der Waals surface area contributed by atoms with E-state index in [0.717, 1.165) is 19.5 Å². The molecule has 1 aliphatic heterocycles. The molecule has 1 rings (SSSR count). The molecule has 13 heavy (non-hydrogen) atoms. The van der Waals surface area contributed by atoms with E-state index in [4.69, 9.17) is 9.84 Å². The molecule has 1 atom stereocenters. The molecule has 0 amide bonds. The Balaban J connectivity index is 0.00000144. The van der Waals surface area contributed by atoms with Crippen molar-refractivity contribution in [2.45, 2.75) is 12.8 Å². The smallest absolute Gasteiger partial charge is 0.329 e. The molecule has 0 aromatic heterocycles. The van der Waals surface area contributed by atoms with Crippen molar-refractivity contribution < 1.29 is 14.6 Å². The van der Waals surface area contributed by atoms with Crippen molar-refractivity contribution in [3.05, 3.63) is 0 Å². The number of aliphatic carboxylic acids is 1. The highest BCUT2D eigenvalue weighted by atomic mass is 35.5. The van der Waals surface area contributed by atoms with Gasteiger partial charge in [0.25, 0.3) is 0 Å². The first-order valence-corrected chi connectivity index (χ1v) is 4.29. The minimum Gasteiger partial charge on any atom is -0.480 e. The van der Waals surface area contributed by atoms with E-state index < -0.39 is 5.97 Å². The van der Waals surface area contributed by atoms with Crippen LogP contribution in [-0.2, 0) is 9.53 Å². The van der Waals surface area contributed by atoms with E-state index in [1.165, 1.54) is 6.42 Å². The number of ether oxygens (including phenoxy) is 1. The fourth-order valence-corrected chi connectivity index (χ4v) is 1.38. The van der Waals surface area contributed by atoms with Crippen molar-refractivity contribution >= 4 is 18.4 Å². The van der Waals surface area contributed by atoms with Gasteiger partial charge >= 0.3 is 5.97 Å². The van der Waals surface area contributed by atoms with E-state index >= 15 is 0 Å². The topological polar surface area (TPSA) is 58.6 Å². The number of carbonyl (C=O) groups is 1. The Kier molecular flexibility index (Phi) is 6.94. The summed E-state index contributed by atoms with van der Waals surface area (Å²) in [5, 5.41) is 11.5. The summed E-state index contributed by atoms with van der Waals surface area (Å²) in [6.45, 7) is 2.44. The van der Waals surface area contributed by atoms with E-state index in [1.54, 1.807) is 0 Å². The van der Waals surface area contributed by atoms with Crippen LogP contribution in [0.3, 0.4) is 0 Å². The van der Waals surface area contributed by atoms with Gasteiger partial charge in [-0.2, -0.15) is 0 Å². The third-order valence-electron chi connectivity index (χ3n) is 1.98. The van der Waals surface area contributed by atoms with Crippen molar-refractivity contribution in [2.24, 2.45) is 5.92 Å². The zero-order chi connectivity index (χ0) is 8.81. The van der Waals surface area contributed by atoms with Crippen LogP contribution in [0.5, 0.6) is 0 Å². The maximum absolute atomic E-state index is 10.1. The number of piperidine rings is 1. The summed E-state index contributed by atoms with van der Waals surface area (Å²) in [7, 11) is 0. The Labute approximate surface area is 84.1 Å². The van der Waals surface area contributed by atoms with Crippen molar-refractivity contribution in [3.8, 4) is 0 Å². The molecular formula is C8H16ClNO3. The second-order valence-electron chi connectivity index (χ2n) is 3.12. The van der Waals surface area contributed by atoms with Gasteiger partial charge in [0.05, 0.1) is 6.61 Å². The predicted octanol–water partition coefficient (Wildman–Crippen LogP) is 0.509. The minimum atomic E-state index is -0.890. The summed E-state index contributed by atoms with van der Waals surface area (Å²) in [6.07, 6.45) is 2.31. The highest BCUT2D eigenvalue weighted by Crippen LogP contribution is 2.09. The zero-order valence-electron chi connectivity index (χ0n) is 7.49. The van der Waals surface area contributed by atoms with Crippen LogP contribution >= 0.6 is 12.4 Å². The number of rotatable bonds is 4. The van der Waals surface area contributed by atoms with Crippen molar-refractivity contribution in [3.63, 3.8) is 0 Å². The molecule has 1 saturated heterocycles. The summed E-state index contributed by atoms with van der Waals surface area (Å²) in [5.41, 5.74) is 0. The second kappa shape index (κ2) is 7.12. The van der Waals surface area contributed by atoms with Crippen LogP contribution in [0.2, 0.25) is 0 Å². The average molecular weight is 210 g/mol. The van der Waals surface area contributed by atoms with Gasteiger partial charge in [0.15, 0.2) is 0 Å². The van der Waals surface area contributed by atoms with Crippen LogP contribution < -0.4 is 5.32 Å². The van der Waals surface area contributed by atoms with Gasteiger partial charge in [0.2, 0.25) is 0 Å². The number of nitrogens with one attached hydrogen (secondary N) is 1. The Morgan fingerprint density at radius 3 is 2.92 bits per heavy atom. The molecule has 0 aliphatic carbocycles. The summed E-state index contributed by atoms with van der Waals surface area (Å²) in [5.74, 6) is -0.392. The number of hydrogen-bond donors (Lipinski definition) is 2. The normalized spacial score (nSPS) is 22.0. The fourth-order valence-electron chi connectivity index (χ4n) is 1.38. The number of carboxylic acids is 1. The van der Waals surface area contributed by atoms with E-state index in [-0.39, 0.29) is 19.0 Å². The van der Waals surface area contributed by atoms with Crippen LogP contribution in [0, 0.1) is 5.92 Å². The Bertz CT molecular complexity index is 148. The monoisotopic (exact) mass is 209 g/mol. The van der Waals surface area contributed by atoms with Crippen molar-refractivity contribution in [1.29, 1.82) is 0 Å². The zero-order valence-corrected chi connectivity index (χ0v) is 8.31. The maximum Gasteiger partial charge on any atom is 0.329 e. The van der Waals surface area contributed by atoms with Gasteiger partial charge in [0, 0.05) is 6.54 Å². The lowest BCUT2D eigenvalue weighted by molar-refractivity contribution is -0.142. The van der Waals surface area contributed by atoms with Crippen molar-refractivity contribution in [2.75, 3.05) is 26.3 Å². The number of carboxylic acid groups (broad SMARTS) is 1. The molecule has 0 aromatic carbocycles. The van der Waals surface area contributed by atoms with Gasteiger partial charge in [-0.1, -0.05) is 0 Å². The summed E-state index contributed by atoms with van der Waals surface area (Å²) < 4.78 is 5.00. The van der Waals surface area contributed by atoms with Gasteiger partial charge in [-0.25, -0.2) is 4.79 Å². The van der Waals surface area contributed by atoms with E-state index in [9.17, 15) is 4.79 Å². The molecule has 1 aliphatic rings. The first-order valence-electron chi connectivity index (χ1n) is 4.29. The van der Waals surface area contributed by atoms with Crippen LogP contribution in [0.4, 0.5) is 0 Å². The van der Waals surface area contributed by atoms with Crippen molar-refractivity contribution in [1.82, 2.24) is 5.32 Å². The van der Waals surface area contributed by atoms with Crippen LogP contribution in [0.15, 0.2) is 0 Å². The van der Waals surface area contributed by atoms with Crippen LogP contribution in [0.1, 0.15) is 12.8 Å². The summed E-state index contributed by atoms with van der Waals surface area (Å²) in [4.78, 5) is 10.1. The van der Waals surface area contributed by atoms with Gasteiger partial charge in [-0.3, -0.25) is 0 Å². The maximum atomic E-state index is 10.1. The third-order valence-corrected chi connectivity index (χ3v) is 1.98. The van der Waals surface area contributed by atoms with E-state index in [1.807, 2.05) is 0 Å². The number of hydrogen-bond acceptors (Lipinski definition) is 3. The standard InChI is InChI=1S/C8H15NO3.ClH/c10-8(11)6-12-5-7-2-1-3-9-4-7;/h7,9H,1-6H2,(H,10,11);1H. The molecule has 1 fully saturated rings. The summed E-state index contributed by atoms with van der Waals surface area (Å²) >= 11 is 0. The first kappa shape index (κ1) is 12.7. The molecule has 1 unspecified atom stereocenters. The molecule has 0 radical (unpaired) electrons. The SMILES string of the molecule is Cl.O=C(O)COCC1CCCNC1. The molecule has 0 saturated carbocycles. The van der Waals surface area contributed by atoms with Crippen LogP contribution in [-0.4, -0.2) is 37.4 Å². The van der Waals surface area contributed by atoms with Gasteiger partial charge in [-0.05, 0) is 25.3 Å². The largest absolute Gasteiger partial charge is 0.480 e. The summed E-state index contributed by atoms with van der Waals surface area (Å²) in [6, 6.07) is 0. The van der Waals surface area contributed by atoms with E-state index in [2.05, 4.69) is 5.32 Å². The predicted molar refractivity (Wildman–Crippen MR) is 51.3 cm³/mol. The molecule has 78 valence electrons. The van der Waals surface area contributed by atoms with Gasteiger partial charge in [-0.15, -0.1) is 12.4 Å². The van der Waals surface area contributed by atoms with Gasteiger partial charge < -0.3 is 15.2 Å². The minimum absolute atomic E-state index is 0. The number of halogens is 1. The lowest BCUT2D eigenvalue weighted by Crippen LogP contribution is -2.32. The fraction of sp³-hybridized carbons (Fsp3) is 0.875. The molecular weight excluding hydrogens is 194 g/mol. The molecule has 2 N–H and O–H groups in total. The molecule has 0 bridgehead atoms. The van der Waals surface area contributed by atoms with E-state index in [0.29, 0.717) is 12.5 Å². The molecule has 0 spiro atoms. The second-order valence-corrected chi connectivity index (χ2v) is 3.12.